The number of nitrogens with zero attached hydrogens (tertiary/aromatic N) is 5. The fourth-order valence-corrected chi connectivity index (χ4v) is 7.97. The number of aliphatic hydroxyl groups is 1. The predicted octanol–water partition coefficient (Wildman–Crippen LogP) is 4.71. The second-order valence-electron chi connectivity index (χ2n) is 11.2. The minimum atomic E-state index is -3.93. The van der Waals surface area contributed by atoms with E-state index in [0.717, 1.165) is 42.4 Å². The number of sulfonamides is 1. The summed E-state index contributed by atoms with van der Waals surface area (Å²) in [6.45, 7) is 5.52. The Hall–Kier alpha value is -2.50. The molecule has 9 nitrogen and oxygen atoms in total. The SMILES string of the molecule is Cc1ccc(S(=O)(=O)N2CC(O)CC2C(=O)N2CCCC(CCn3cc(-c4cc(Cl)cc(Cl)c4)nn3)CC2)cc1C. The first kappa shape index (κ1) is 30.0. The van der Waals surface area contributed by atoms with Crippen molar-refractivity contribution in [3.8, 4) is 11.3 Å². The first-order valence-electron chi connectivity index (χ1n) is 13.9. The molecule has 3 heterocycles. The molecule has 2 aliphatic heterocycles. The van der Waals surface area contributed by atoms with Crippen LogP contribution < -0.4 is 0 Å². The van der Waals surface area contributed by atoms with Crippen LogP contribution in [0.5, 0.6) is 0 Å². The molecular formula is C29H35Cl2N5O4S. The van der Waals surface area contributed by atoms with Crippen LogP contribution in [0.15, 0.2) is 47.5 Å². The van der Waals surface area contributed by atoms with Crippen LogP contribution in [0.3, 0.4) is 0 Å². The molecule has 2 aliphatic rings. The minimum Gasteiger partial charge on any atom is -0.392 e. The number of β-amino-alcohol motifs (C(OH)–C–C–N with tert-alkyl or cyclic N) is 1. The molecule has 2 aromatic carbocycles. The summed E-state index contributed by atoms with van der Waals surface area (Å²) in [6, 6.07) is 9.35. The lowest BCUT2D eigenvalue weighted by molar-refractivity contribution is -0.134. The average molecular weight is 621 g/mol. The summed E-state index contributed by atoms with van der Waals surface area (Å²) in [6.07, 6.45) is 4.61. The van der Waals surface area contributed by atoms with Crippen LogP contribution in [0.2, 0.25) is 10.0 Å². The molecule has 3 aromatic rings. The van der Waals surface area contributed by atoms with Gasteiger partial charge in [0.2, 0.25) is 15.9 Å². The van der Waals surface area contributed by atoms with E-state index < -0.39 is 22.2 Å². The van der Waals surface area contributed by atoms with Crippen LogP contribution in [-0.2, 0) is 21.4 Å². The van der Waals surface area contributed by atoms with Gasteiger partial charge in [-0.1, -0.05) is 34.5 Å². The number of hydrogen-bond acceptors (Lipinski definition) is 6. The summed E-state index contributed by atoms with van der Waals surface area (Å²) < 4.78 is 30.1. The molecule has 3 unspecified atom stereocenters. The van der Waals surface area contributed by atoms with E-state index >= 15 is 0 Å². The first-order chi connectivity index (χ1) is 19.5. The van der Waals surface area contributed by atoms with E-state index in [0.29, 0.717) is 41.3 Å². The van der Waals surface area contributed by atoms with Gasteiger partial charge in [0.15, 0.2) is 0 Å². The Kier molecular flexibility index (Phi) is 9.06. The lowest BCUT2D eigenvalue weighted by atomic mass is 9.97. The molecule has 0 aliphatic carbocycles. The van der Waals surface area contributed by atoms with Gasteiger partial charge in [-0.05, 0) is 86.9 Å². The number of rotatable bonds is 7. The number of aromatic nitrogens is 3. The number of carbonyl (C=O) groups excluding carboxylic acids is 1. The van der Waals surface area contributed by atoms with Crippen LogP contribution in [0.4, 0.5) is 0 Å². The van der Waals surface area contributed by atoms with E-state index in [4.69, 9.17) is 23.2 Å². The highest BCUT2D eigenvalue weighted by Crippen LogP contribution is 2.31. The fraction of sp³-hybridized carbons (Fsp3) is 0.483. The van der Waals surface area contributed by atoms with Crippen molar-refractivity contribution in [3.05, 3.63) is 63.8 Å². The van der Waals surface area contributed by atoms with Crippen molar-refractivity contribution in [1.82, 2.24) is 24.2 Å². The maximum Gasteiger partial charge on any atom is 0.243 e. The number of likely N-dealkylation sites (tertiary alicyclic amines) is 1. The van der Waals surface area contributed by atoms with Gasteiger partial charge in [-0.3, -0.25) is 9.48 Å². The third-order valence-corrected chi connectivity index (χ3v) is 10.5. The monoisotopic (exact) mass is 619 g/mol. The van der Waals surface area contributed by atoms with E-state index in [2.05, 4.69) is 10.3 Å². The average Bonchev–Trinajstić information content (AvgIpc) is 3.49. The largest absolute Gasteiger partial charge is 0.392 e. The summed E-state index contributed by atoms with van der Waals surface area (Å²) in [5.41, 5.74) is 3.37. The molecule has 1 aromatic heterocycles. The normalized spacial score (nSPS) is 22.2. The number of carbonyl (C=O) groups is 1. The summed E-state index contributed by atoms with van der Waals surface area (Å²) in [4.78, 5) is 15.6. The molecule has 12 heteroatoms. The predicted molar refractivity (Wildman–Crippen MR) is 158 cm³/mol. The Morgan fingerprint density at radius 2 is 1.80 bits per heavy atom. The standard InChI is InChI=1S/C29H35Cl2N5O4S/c1-19-5-6-26(12-20(19)2)41(39,40)36-17-25(37)16-28(36)29(38)34-9-3-4-21(7-10-34)8-11-35-18-27(32-33-35)22-13-23(30)15-24(31)14-22/h5-6,12-15,18,21,25,28,37H,3-4,7-11,16-17H2,1-2H3. The van der Waals surface area contributed by atoms with Crippen LogP contribution >= 0.6 is 23.2 Å². The Morgan fingerprint density at radius 1 is 1.05 bits per heavy atom. The zero-order valence-electron chi connectivity index (χ0n) is 23.2. The number of aryl methyl sites for hydroxylation is 3. The zero-order valence-corrected chi connectivity index (χ0v) is 25.5. The molecule has 0 bridgehead atoms. The van der Waals surface area contributed by atoms with Crippen molar-refractivity contribution in [1.29, 1.82) is 0 Å². The number of benzene rings is 2. The minimum absolute atomic E-state index is 0.0799. The lowest BCUT2D eigenvalue weighted by Crippen LogP contribution is -2.48. The molecule has 0 spiro atoms. The molecule has 0 saturated carbocycles. The quantitative estimate of drug-likeness (QED) is 0.410. The molecule has 0 radical (unpaired) electrons. The zero-order chi connectivity index (χ0) is 29.3. The van der Waals surface area contributed by atoms with Crippen molar-refractivity contribution in [2.24, 2.45) is 5.92 Å². The van der Waals surface area contributed by atoms with Crippen LogP contribution in [0.25, 0.3) is 11.3 Å². The summed E-state index contributed by atoms with van der Waals surface area (Å²) in [7, 11) is -3.93. The molecule has 3 atom stereocenters. The second kappa shape index (κ2) is 12.4. The Bertz CT molecular complexity index is 1510. The van der Waals surface area contributed by atoms with Gasteiger partial charge in [-0.2, -0.15) is 4.31 Å². The smallest absolute Gasteiger partial charge is 0.243 e. The van der Waals surface area contributed by atoms with Gasteiger partial charge >= 0.3 is 0 Å². The summed E-state index contributed by atoms with van der Waals surface area (Å²) in [5.74, 6) is 0.168. The number of halogens is 2. The number of hydrogen-bond donors (Lipinski definition) is 1. The lowest BCUT2D eigenvalue weighted by Gasteiger charge is -2.29. The van der Waals surface area contributed by atoms with Crippen molar-refractivity contribution in [2.45, 2.75) is 69.5 Å². The molecule has 5 rings (SSSR count). The van der Waals surface area contributed by atoms with E-state index in [1.807, 2.05) is 24.7 Å². The van der Waals surface area contributed by atoms with Crippen LogP contribution in [0.1, 0.15) is 43.2 Å². The fourth-order valence-electron chi connectivity index (χ4n) is 5.73. The molecule has 1 amide bonds. The van der Waals surface area contributed by atoms with Crippen molar-refractivity contribution < 1.29 is 18.3 Å². The Balaban J connectivity index is 1.20. The maximum absolute atomic E-state index is 13.6. The molecule has 1 N–H and O–H groups in total. The van der Waals surface area contributed by atoms with Crippen LogP contribution in [-0.4, -0.2) is 75.4 Å². The van der Waals surface area contributed by atoms with Crippen molar-refractivity contribution in [2.75, 3.05) is 19.6 Å². The molecule has 220 valence electrons. The highest BCUT2D eigenvalue weighted by Gasteiger charge is 2.45. The van der Waals surface area contributed by atoms with Crippen molar-refractivity contribution >= 4 is 39.1 Å². The Labute approximate surface area is 251 Å². The summed E-state index contributed by atoms with van der Waals surface area (Å²) in [5, 5.41) is 20.0. The molecule has 41 heavy (non-hydrogen) atoms. The Morgan fingerprint density at radius 3 is 2.54 bits per heavy atom. The molecular weight excluding hydrogens is 585 g/mol. The van der Waals surface area contributed by atoms with E-state index in [1.54, 1.807) is 41.3 Å². The maximum atomic E-state index is 13.6. The van der Waals surface area contributed by atoms with Gasteiger partial charge in [0.05, 0.1) is 17.2 Å². The van der Waals surface area contributed by atoms with Gasteiger partial charge in [-0.15, -0.1) is 5.10 Å². The first-order valence-corrected chi connectivity index (χ1v) is 16.1. The number of amides is 1. The van der Waals surface area contributed by atoms with Crippen molar-refractivity contribution in [3.63, 3.8) is 0 Å². The van der Waals surface area contributed by atoms with Gasteiger partial charge in [0.1, 0.15) is 11.7 Å². The molecule has 2 fully saturated rings. The number of aliphatic hydroxyl groups excluding tert-OH is 1. The molecule has 2 saturated heterocycles. The van der Waals surface area contributed by atoms with Gasteiger partial charge in [-0.25, -0.2) is 8.42 Å². The van der Waals surface area contributed by atoms with E-state index in [1.165, 1.54) is 4.31 Å². The second-order valence-corrected chi connectivity index (χ2v) is 13.9. The van der Waals surface area contributed by atoms with Crippen LogP contribution in [0, 0.1) is 19.8 Å². The summed E-state index contributed by atoms with van der Waals surface area (Å²) >= 11 is 12.2. The third-order valence-electron chi connectivity index (χ3n) is 8.23. The van der Waals surface area contributed by atoms with Gasteiger partial charge in [0.25, 0.3) is 0 Å². The van der Waals surface area contributed by atoms with Gasteiger partial charge < -0.3 is 10.0 Å². The third kappa shape index (κ3) is 6.78. The topological polar surface area (TPSA) is 109 Å². The van der Waals surface area contributed by atoms with E-state index in [-0.39, 0.29) is 23.8 Å². The highest BCUT2D eigenvalue weighted by molar-refractivity contribution is 7.89. The van der Waals surface area contributed by atoms with Gasteiger partial charge in [0, 0.05) is 48.2 Å². The highest BCUT2D eigenvalue weighted by atomic mass is 35.5. The van der Waals surface area contributed by atoms with E-state index in [9.17, 15) is 18.3 Å².